The third-order valence-electron chi connectivity index (χ3n) is 10.3. The van der Waals surface area contributed by atoms with Gasteiger partial charge in [-0.2, -0.15) is 0 Å². The molecule has 404 valence electrons. The van der Waals surface area contributed by atoms with Crippen molar-refractivity contribution < 1.29 is 52.2 Å². The van der Waals surface area contributed by atoms with E-state index in [1.807, 2.05) is 30.4 Å². The van der Waals surface area contributed by atoms with Crippen LogP contribution in [0.1, 0.15) is 175 Å². The molecule has 0 aliphatic carbocycles. The molecule has 0 aromatic heterocycles. The van der Waals surface area contributed by atoms with E-state index in [-0.39, 0.29) is 19.3 Å². The Morgan fingerprint density at radius 3 is 1.26 bits per heavy atom. The number of ether oxygens (including phenoxy) is 3. The molecule has 0 fully saturated rings. The smallest absolute Gasteiger partial charge is 0.461 e. The Labute approximate surface area is 435 Å². The molecule has 11 nitrogen and oxygen atoms in total. The molecular formula is C60H93O11P. The lowest BCUT2D eigenvalue weighted by Crippen LogP contribution is -2.30. The van der Waals surface area contributed by atoms with E-state index in [1.165, 1.54) is 12.8 Å². The minimum atomic E-state index is -4.79. The molecular weight excluding hydrogens is 928 g/mol. The number of hydrogen-bond donors (Lipinski definition) is 2. The summed E-state index contributed by atoms with van der Waals surface area (Å²) in [5, 5.41) is 9.77. The Balaban J connectivity index is 5.01. The number of aliphatic hydroxyl groups is 1. The molecule has 0 bridgehead atoms. The lowest BCUT2D eigenvalue weighted by Gasteiger charge is -2.21. The maximum Gasteiger partial charge on any atom is 0.472 e. The van der Waals surface area contributed by atoms with E-state index in [9.17, 15) is 28.9 Å². The minimum absolute atomic E-state index is 0.0142. The normalized spacial score (nSPS) is 14.6. The van der Waals surface area contributed by atoms with Crippen LogP contribution in [0, 0.1) is 0 Å². The zero-order valence-corrected chi connectivity index (χ0v) is 45.2. The quantitative estimate of drug-likeness (QED) is 0.0197. The summed E-state index contributed by atoms with van der Waals surface area (Å²) in [4.78, 5) is 48.3. The summed E-state index contributed by atoms with van der Waals surface area (Å²) in [5.41, 5.74) is 0. The van der Waals surface area contributed by atoms with Gasteiger partial charge in [-0.25, -0.2) is 4.57 Å². The van der Waals surface area contributed by atoms with E-state index in [2.05, 4.69) is 130 Å². The van der Waals surface area contributed by atoms with Crippen molar-refractivity contribution in [2.24, 2.45) is 0 Å². The number of aliphatic hydroxyl groups excluding tert-OH is 1. The molecule has 3 atom stereocenters. The van der Waals surface area contributed by atoms with Gasteiger partial charge in [0.15, 0.2) is 6.10 Å². The van der Waals surface area contributed by atoms with E-state index in [0.29, 0.717) is 25.7 Å². The highest BCUT2D eigenvalue weighted by Gasteiger charge is 2.28. The maximum absolute atomic E-state index is 12.9. The van der Waals surface area contributed by atoms with Gasteiger partial charge >= 0.3 is 25.7 Å². The first-order valence-electron chi connectivity index (χ1n) is 26.7. The number of esters is 3. The molecule has 2 N–H and O–H groups in total. The lowest BCUT2D eigenvalue weighted by atomic mass is 10.1. The monoisotopic (exact) mass is 1020 g/mol. The van der Waals surface area contributed by atoms with Crippen LogP contribution in [-0.4, -0.2) is 66.5 Å². The minimum Gasteiger partial charge on any atom is -0.461 e. The van der Waals surface area contributed by atoms with Gasteiger partial charge in [-0.1, -0.05) is 199 Å². The van der Waals surface area contributed by atoms with Crippen LogP contribution in [0.3, 0.4) is 0 Å². The highest BCUT2D eigenvalue weighted by atomic mass is 31.2. The summed E-state index contributed by atoms with van der Waals surface area (Å²) in [5.74, 6) is -1.75. The molecule has 0 saturated heterocycles. The molecule has 0 amide bonds. The number of carbonyl (C=O) groups excluding carboxylic acids is 3. The second-order valence-electron chi connectivity index (χ2n) is 16.9. The number of phosphoric ester groups is 1. The van der Waals surface area contributed by atoms with Crippen LogP contribution in [0.25, 0.3) is 0 Å². The number of unbranched alkanes of at least 4 members (excludes halogenated alkanes) is 7. The van der Waals surface area contributed by atoms with Gasteiger partial charge in [-0.15, -0.1) is 0 Å². The molecule has 3 unspecified atom stereocenters. The lowest BCUT2D eigenvalue weighted by molar-refractivity contribution is -0.160. The largest absolute Gasteiger partial charge is 0.472 e. The first kappa shape index (κ1) is 67.4. The molecule has 0 radical (unpaired) electrons. The summed E-state index contributed by atoms with van der Waals surface area (Å²) in [7, 11) is -4.79. The van der Waals surface area contributed by atoms with Crippen molar-refractivity contribution in [1.29, 1.82) is 0 Å². The fraction of sp³-hybridized carbons (Fsp3) is 0.550. The molecule has 0 aliphatic rings. The van der Waals surface area contributed by atoms with E-state index in [4.69, 9.17) is 23.3 Å². The van der Waals surface area contributed by atoms with Crippen molar-refractivity contribution in [3.8, 4) is 0 Å². The molecule has 0 aromatic carbocycles. The maximum atomic E-state index is 12.9. The third kappa shape index (κ3) is 50.3. The van der Waals surface area contributed by atoms with Gasteiger partial charge in [0.05, 0.1) is 26.2 Å². The summed E-state index contributed by atoms with van der Waals surface area (Å²) in [6, 6.07) is 0. The van der Waals surface area contributed by atoms with Crippen molar-refractivity contribution >= 4 is 25.7 Å². The van der Waals surface area contributed by atoms with Gasteiger partial charge in [-0.3, -0.25) is 23.4 Å². The summed E-state index contributed by atoms with van der Waals surface area (Å²) >= 11 is 0. The van der Waals surface area contributed by atoms with Crippen LogP contribution in [0.5, 0.6) is 0 Å². The molecule has 0 heterocycles. The zero-order valence-electron chi connectivity index (χ0n) is 44.3. The first-order chi connectivity index (χ1) is 35.2. The Bertz CT molecular complexity index is 1760. The molecule has 0 spiro atoms. The number of allylic oxidation sites excluding steroid dienone is 23. The predicted molar refractivity (Wildman–Crippen MR) is 297 cm³/mol. The van der Waals surface area contributed by atoms with E-state index >= 15 is 0 Å². The van der Waals surface area contributed by atoms with Crippen LogP contribution in [-0.2, 0) is 42.2 Å². The van der Waals surface area contributed by atoms with Crippen LogP contribution in [0.15, 0.2) is 146 Å². The number of hydrogen-bond acceptors (Lipinski definition) is 10. The molecule has 72 heavy (non-hydrogen) atoms. The van der Waals surface area contributed by atoms with Crippen LogP contribution >= 0.6 is 7.82 Å². The zero-order chi connectivity index (χ0) is 52.7. The standard InChI is InChI=1S/C60H93O11P/c1-4-7-10-13-16-19-22-24-26-27-28-29-31-33-36-39-42-45-48-51-60(64)71-57(53-67-58(62)49-46-43-40-37-35-32-30-25-23-20-17-14-11-8-5-2)55-69-72(65,66)68-54-56(52-61)70-59(63)50-47-44-41-38-34-21-18-15-12-9-6-3/h7-8,10-11,15-20,24-26,28-30,33,35-37,42-43,45-46,56-57,61H,4-6,9,12-14,21-23,27,31-32,34,38-41,44,47-55H2,1-3H3,(H,65,66)/b10-7-,11-8-,18-15-,19-16-,20-17-,26-24-,29-28-,30-25-,36-33-,37-35-,45-42-,46-43-. The Hall–Kier alpha value is -4.64. The Morgan fingerprint density at radius 1 is 0.417 bits per heavy atom. The van der Waals surface area contributed by atoms with Gasteiger partial charge in [0.1, 0.15) is 12.7 Å². The van der Waals surface area contributed by atoms with Crippen LogP contribution < -0.4 is 0 Å². The summed E-state index contributed by atoms with van der Waals surface area (Å²) < 4.78 is 39.1. The van der Waals surface area contributed by atoms with Crippen LogP contribution in [0.2, 0.25) is 0 Å². The highest BCUT2D eigenvalue weighted by molar-refractivity contribution is 7.47. The van der Waals surface area contributed by atoms with Gasteiger partial charge in [0, 0.05) is 12.8 Å². The third-order valence-corrected chi connectivity index (χ3v) is 11.2. The number of carbonyl (C=O) groups is 3. The first-order valence-corrected chi connectivity index (χ1v) is 28.2. The molecule has 0 aromatic rings. The van der Waals surface area contributed by atoms with Crippen molar-refractivity contribution in [2.75, 3.05) is 26.4 Å². The van der Waals surface area contributed by atoms with Gasteiger partial charge in [0.25, 0.3) is 0 Å². The summed E-state index contributed by atoms with van der Waals surface area (Å²) in [6.07, 6.45) is 67.2. The fourth-order valence-corrected chi connectivity index (χ4v) is 7.04. The van der Waals surface area contributed by atoms with Crippen molar-refractivity contribution in [3.63, 3.8) is 0 Å². The summed E-state index contributed by atoms with van der Waals surface area (Å²) in [6.45, 7) is 4.12. The van der Waals surface area contributed by atoms with Crippen molar-refractivity contribution in [1.82, 2.24) is 0 Å². The Kier molecular flexibility index (Phi) is 49.3. The van der Waals surface area contributed by atoms with E-state index in [1.54, 1.807) is 6.08 Å². The van der Waals surface area contributed by atoms with Gasteiger partial charge in [-0.05, 0) is 103 Å². The van der Waals surface area contributed by atoms with Crippen molar-refractivity contribution in [3.05, 3.63) is 146 Å². The second kappa shape index (κ2) is 52.7. The second-order valence-corrected chi connectivity index (χ2v) is 18.4. The topological polar surface area (TPSA) is 155 Å². The van der Waals surface area contributed by atoms with Crippen LogP contribution in [0.4, 0.5) is 0 Å². The molecule has 0 saturated carbocycles. The van der Waals surface area contributed by atoms with E-state index in [0.717, 1.165) is 96.3 Å². The molecule has 12 heteroatoms. The number of phosphoric acid groups is 1. The predicted octanol–water partition coefficient (Wildman–Crippen LogP) is 15.6. The number of rotatable bonds is 47. The average Bonchev–Trinajstić information content (AvgIpc) is 3.37. The van der Waals surface area contributed by atoms with Crippen molar-refractivity contribution in [2.45, 2.75) is 187 Å². The fourth-order valence-electron chi connectivity index (χ4n) is 6.26. The SMILES string of the molecule is CC/C=C\C/C=C\C/C=C\C/C=C\C/C=C\C/C=C\CCC(=O)OC(COC(=O)C/C=C\C/C=C\C/C=C\C/C=C\C/C=C\CC)COP(=O)(O)OCC(CO)OC(=O)CCCCCCC/C=C\CCCC. The highest BCUT2D eigenvalue weighted by Crippen LogP contribution is 2.43. The van der Waals surface area contributed by atoms with Gasteiger partial charge in [0.2, 0.25) is 0 Å². The average molecular weight is 1020 g/mol. The van der Waals surface area contributed by atoms with E-state index < -0.39 is 64.4 Å². The molecule has 0 aliphatic heterocycles. The molecule has 0 rings (SSSR count). The van der Waals surface area contributed by atoms with Gasteiger partial charge < -0.3 is 24.2 Å². The Morgan fingerprint density at radius 2 is 0.792 bits per heavy atom.